The van der Waals surface area contributed by atoms with Crippen molar-refractivity contribution in [3.05, 3.63) is 0 Å². The van der Waals surface area contributed by atoms with Gasteiger partial charge in [-0.25, -0.2) is 0 Å². The van der Waals surface area contributed by atoms with E-state index in [0.29, 0.717) is 13.0 Å². The van der Waals surface area contributed by atoms with Crippen molar-refractivity contribution in [1.82, 2.24) is 5.32 Å². The Morgan fingerprint density at radius 2 is 1.91 bits per heavy atom. The molecule has 0 aliphatic heterocycles. The van der Waals surface area contributed by atoms with E-state index in [1.54, 1.807) is 0 Å². The fourth-order valence-electron chi connectivity index (χ4n) is 4.05. The summed E-state index contributed by atoms with van der Waals surface area (Å²) in [5.74, 6) is 0.872. The summed E-state index contributed by atoms with van der Waals surface area (Å²) in [5, 5.41) is 3.06. The van der Waals surface area contributed by atoms with E-state index in [-0.39, 0.29) is 29.8 Å². The van der Waals surface area contributed by atoms with Crippen molar-refractivity contribution in [1.29, 1.82) is 0 Å². The normalized spacial score (nSPS) is 30.2. The Bertz CT molecular complexity index is 383. The smallest absolute Gasteiger partial charge is 0.240 e. The highest BCUT2D eigenvalue weighted by molar-refractivity contribution is 5.88. The predicted molar refractivity (Wildman–Crippen MR) is 96.8 cm³/mol. The van der Waals surface area contributed by atoms with Gasteiger partial charge in [-0.15, -0.1) is 12.4 Å². The van der Waals surface area contributed by atoms with Crippen LogP contribution in [0.2, 0.25) is 0 Å². The monoisotopic (exact) mass is 346 g/mol. The van der Waals surface area contributed by atoms with Crippen LogP contribution in [0.4, 0.5) is 0 Å². The highest BCUT2D eigenvalue weighted by atomic mass is 35.5. The van der Waals surface area contributed by atoms with Crippen molar-refractivity contribution >= 4 is 18.3 Å². The maximum absolute atomic E-state index is 12.5. The molecule has 2 aliphatic carbocycles. The molecular weight excluding hydrogens is 312 g/mol. The lowest BCUT2D eigenvalue weighted by Crippen LogP contribution is -2.75. The van der Waals surface area contributed by atoms with Gasteiger partial charge in [-0.05, 0) is 25.7 Å². The Hall–Kier alpha value is -0.320. The van der Waals surface area contributed by atoms with E-state index in [1.165, 1.54) is 38.5 Å². The van der Waals surface area contributed by atoms with Crippen LogP contribution in [0, 0.1) is 11.3 Å². The molecule has 0 spiro atoms. The van der Waals surface area contributed by atoms with Crippen LogP contribution in [0.5, 0.6) is 0 Å². The van der Waals surface area contributed by atoms with Gasteiger partial charge in [0, 0.05) is 25.0 Å². The van der Waals surface area contributed by atoms with Gasteiger partial charge < -0.3 is 15.8 Å². The number of hydrogen-bond acceptors (Lipinski definition) is 3. The first-order chi connectivity index (χ1) is 10.4. The number of amides is 1. The van der Waals surface area contributed by atoms with Crippen LogP contribution in [0.25, 0.3) is 0 Å². The Morgan fingerprint density at radius 1 is 1.26 bits per heavy atom. The van der Waals surface area contributed by atoms with Crippen LogP contribution in [-0.2, 0) is 9.53 Å². The highest BCUT2D eigenvalue weighted by Crippen LogP contribution is 2.49. The third-order valence-corrected chi connectivity index (χ3v) is 6.03. The lowest BCUT2D eigenvalue weighted by Gasteiger charge is -2.57. The molecule has 2 unspecified atom stereocenters. The van der Waals surface area contributed by atoms with Gasteiger partial charge in [0.2, 0.25) is 5.91 Å². The minimum atomic E-state index is -0.780. The van der Waals surface area contributed by atoms with Gasteiger partial charge >= 0.3 is 0 Å². The number of halogens is 1. The van der Waals surface area contributed by atoms with E-state index in [4.69, 9.17) is 10.5 Å². The first-order valence-corrected chi connectivity index (χ1v) is 9.10. The zero-order chi connectivity index (χ0) is 16.2. The van der Waals surface area contributed by atoms with Crippen molar-refractivity contribution in [2.45, 2.75) is 83.8 Å². The second-order valence-electron chi connectivity index (χ2n) is 7.74. The summed E-state index contributed by atoms with van der Waals surface area (Å²) in [7, 11) is 0. The van der Waals surface area contributed by atoms with Gasteiger partial charge in [-0.3, -0.25) is 4.79 Å². The van der Waals surface area contributed by atoms with Crippen LogP contribution in [0.1, 0.15) is 72.1 Å². The molecule has 2 atom stereocenters. The zero-order valence-corrected chi connectivity index (χ0v) is 15.8. The molecule has 0 aromatic carbocycles. The van der Waals surface area contributed by atoms with Crippen molar-refractivity contribution in [2.24, 2.45) is 17.1 Å². The molecular formula is C18H35ClN2O2. The Morgan fingerprint density at radius 3 is 2.48 bits per heavy atom. The molecule has 23 heavy (non-hydrogen) atoms. The first-order valence-electron chi connectivity index (χ1n) is 9.10. The summed E-state index contributed by atoms with van der Waals surface area (Å²) in [6.07, 6.45) is 9.95. The number of carbonyl (C=O) groups excluding carboxylic acids is 1. The molecule has 2 rings (SSSR count). The molecule has 0 bridgehead atoms. The van der Waals surface area contributed by atoms with Gasteiger partial charge in [0.25, 0.3) is 0 Å². The van der Waals surface area contributed by atoms with Gasteiger partial charge in [0.15, 0.2) is 0 Å². The van der Waals surface area contributed by atoms with Crippen LogP contribution in [0.15, 0.2) is 0 Å². The molecule has 0 aromatic heterocycles. The van der Waals surface area contributed by atoms with Gasteiger partial charge in [0.05, 0.1) is 6.10 Å². The van der Waals surface area contributed by atoms with Crippen LogP contribution in [-0.4, -0.2) is 30.7 Å². The van der Waals surface area contributed by atoms with E-state index in [2.05, 4.69) is 5.32 Å². The average molecular weight is 347 g/mol. The largest absolute Gasteiger partial charge is 0.378 e. The van der Waals surface area contributed by atoms with E-state index < -0.39 is 5.54 Å². The molecule has 3 N–H and O–H groups in total. The first kappa shape index (κ1) is 20.7. The summed E-state index contributed by atoms with van der Waals surface area (Å²) in [6.45, 7) is 7.49. The Balaban J connectivity index is 0.00000264. The standard InChI is InChI=1S/C18H34N2O2.ClH/c1-4-22-15-13-18(19,17(15,2)3)16(21)20-12-8-11-14-9-6-5-7-10-14;/h14-15H,4-13,19H2,1-3H3,(H,20,21);1H. The molecule has 2 fully saturated rings. The third kappa shape index (κ3) is 4.40. The lowest BCUT2D eigenvalue weighted by atomic mass is 9.54. The second-order valence-corrected chi connectivity index (χ2v) is 7.74. The maximum atomic E-state index is 12.5. The summed E-state index contributed by atoms with van der Waals surface area (Å²) in [4.78, 5) is 12.5. The van der Waals surface area contributed by atoms with Gasteiger partial charge in [0.1, 0.15) is 5.54 Å². The van der Waals surface area contributed by atoms with Crippen molar-refractivity contribution in [2.75, 3.05) is 13.2 Å². The summed E-state index contributed by atoms with van der Waals surface area (Å²) < 4.78 is 5.68. The number of ether oxygens (including phenoxy) is 1. The molecule has 0 saturated heterocycles. The van der Waals surface area contributed by atoms with E-state index in [1.807, 2.05) is 20.8 Å². The van der Waals surface area contributed by atoms with Gasteiger partial charge in [-0.1, -0.05) is 46.0 Å². The average Bonchev–Trinajstić information content (AvgIpc) is 2.52. The van der Waals surface area contributed by atoms with E-state index >= 15 is 0 Å². The molecule has 136 valence electrons. The van der Waals surface area contributed by atoms with Crippen molar-refractivity contribution in [3.63, 3.8) is 0 Å². The Kier molecular flexibility index (Phi) is 7.82. The molecule has 1 amide bonds. The molecule has 2 aliphatic rings. The third-order valence-electron chi connectivity index (χ3n) is 6.03. The number of carbonyl (C=O) groups is 1. The van der Waals surface area contributed by atoms with Crippen molar-refractivity contribution < 1.29 is 9.53 Å². The van der Waals surface area contributed by atoms with Crippen LogP contribution >= 0.6 is 12.4 Å². The fourth-order valence-corrected chi connectivity index (χ4v) is 4.05. The second kappa shape index (κ2) is 8.68. The molecule has 2 saturated carbocycles. The highest BCUT2D eigenvalue weighted by Gasteiger charge is 2.62. The SMILES string of the molecule is CCOC1CC(N)(C(=O)NCCCC2CCCCC2)C1(C)C.Cl. The van der Waals surface area contributed by atoms with Crippen LogP contribution < -0.4 is 11.1 Å². The molecule has 0 aromatic rings. The topological polar surface area (TPSA) is 64.3 Å². The summed E-state index contributed by atoms with van der Waals surface area (Å²) >= 11 is 0. The summed E-state index contributed by atoms with van der Waals surface area (Å²) in [5.41, 5.74) is 5.30. The fraction of sp³-hybridized carbons (Fsp3) is 0.944. The number of nitrogens with two attached hydrogens (primary N) is 1. The maximum Gasteiger partial charge on any atom is 0.240 e. The minimum Gasteiger partial charge on any atom is -0.378 e. The number of rotatable bonds is 7. The van der Waals surface area contributed by atoms with Crippen molar-refractivity contribution in [3.8, 4) is 0 Å². The number of nitrogens with one attached hydrogen (secondary N) is 1. The van der Waals surface area contributed by atoms with E-state index in [0.717, 1.165) is 18.9 Å². The van der Waals surface area contributed by atoms with E-state index in [9.17, 15) is 4.79 Å². The minimum absolute atomic E-state index is 0. The molecule has 0 heterocycles. The molecule has 0 radical (unpaired) electrons. The quantitative estimate of drug-likeness (QED) is 0.694. The molecule has 5 heteroatoms. The zero-order valence-electron chi connectivity index (χ0n) is 15.0. The van der Waals surface area contributed by atoms with Crippen LogP contribution in [0.3, 0.4) is 0 Å². The summed E-state index contributed by atoms with van der Waals surface area (Å²) in [6, 6.07) is 0. The predicted octanol–water partition coefficient (Wildman–Crippen LogP) is 3.42. The Labute approximate surface area is 147 Å². The van der Waals surface area contributed by atoms with Gasteiger partial charge in [-0.2, -0.15) is 0 Å². The molecule has 4 nitrogen and oxygen atoms in total. The lowest BCUT2D eigenvalue weighted by molar-refractivity contribution is -0.170. The number of hydrogen-bond donors (Lipinski definition) is 2.